The molecule has 1 aromatic heterocycles. The number of aromatic amines is 1. The van der Waals surface area contributed by atoms with Crippen molar-refractivity contribution in [2.75, 3.05) is 20.2 Å². The zero-order valence-electron chi connectivity index (χ0n) is 15.0. The van der Waals surface area contributed by atoms with Crippen LogP contribution in [-0.2, 0) is 16.9 Å². The summed E-state index contributed by atoms with van der Waals surface area (Å²) in [7, 11) is 1.80. The quantitative estimate of drug-likeness (QED) is 0.850. The number of nitrogens with one attached hydrogen (secondary N) is 1. The third kappa shape index (κ3) is 2.81. The van der Waals surface area contributed by atoms with Crippen molar-refractivity contribution in [2.45, 2.75) is 31.4 Å². The lowest BCUT2D eigenvalue weighted by Gasteiger charge is -2.55. The van der Waals surface area contributed by atoms with Gasteiger partial charge in [-0.2, -0.15) is 15.4 Å². The van der Waals surface area contributed by atoms with E-state index >= 15 is 0 Å². The molecule has 1 amide bonds. The summed E-state index contributed by atoms with van der Waals surface area (Å²) < 4.78 is 6.24. The fourth-order valence-electron chi connectivity index (χ4n) is 5.02. The summed E-state index contributed by atoms with van der Waals surface area (Å²) in [6.07, 6.45) is 5.22. The Hall–Kier alpha value is -2.25. The van der Waals surface area contributed by atoms with Gasteiger partial charge in [0.25, 0.3) is 0 Å². The van der Waals surface area contributed by atoms with Gasteiger partial charge in [0.05, 0.1) is 11.9 Å². The number of rotatable bonds is 5. The van der Waals surface area contributed by atoms with Crippen molar-refractivity contribution >= 4 is 5.91 Å². The van der Waals surface area contributed by atoms with Gasteiger partial charge in [-0.05, 0) is 30.5 Å². The van der Waals surface area contributed by atoms with E-state index in [2.05, 4.69) is 26.4 Å². The third-order valence-electron chi connectivity index (χ3n) is 6.06. The number of hydrogen-bond acceptors (Lipinski definition) is 5. The normalized spacial score (nSPS) is 28.8. The van der Waals surface area contributed by atoms with Crippen LogP contribution in [-0.4, -0.2) is 46.4 Å². The number of ether oxygens (including phenoxy) is 1. The van der Waals surface area contributed by atoms with Crippen molar-refractivity contribution in [2.24, 2.45) is 17.6 Å². The molecule has 2 unspecified atom stereocenters. The molecule has 0 radical (unpaired) electrons. The van der Waals surface area contributed by atoms with Crippen LogP contribution in [0.25, 0.3) is 0 Å². The largest absolute Gasteiger partial charge is 0.373 e. The molecular formula is C19H25N5O2. The van der Waals surface area contributed by atoms with Crippen LogP contribution < -0.4 is 5.73 Å². The van der Waals surface area contributed by atoms with Gasteiger partial charge in [0.15, 0.2) is 0 Å². The van der Waals surface area contributed by atoms with Crippen LogP contribution >= 0.6 is 0 Å². The molecule has 1 aliphatic carbocycles. The van der Waals surface area contributed by atoms with E-state index in [9.17, 15) is 4.79 Å². The Bertz CT molecular complexity index is 762. The Labute approximate surface area is 152 Å². The Morgan fingerprint density at radius 2 is 2.15 bits per heavy atom. The number of hydrogen-bond donors (Lipinski definition) is 2. The number of amides is 1. The number of primary amides is 1. The number of carbonyl (C=O) groups excluding carboxylic acids is 1. The molecule has 2 fully saturated rings. The van der Waals surface area contributed by atoms with Gasteiger partial charge >= 0.3 is 0 Å². The number of H-pyrrole nitrogens is 1. The van der Waals surface area contributed by atoms with E-state index in [-0.39, 0.29) is 5.60 Å². The Morgan fingerprint density at radius 1 is 1.38 bits per heavy atom. The van der Waals surface area contributed by atoms with Crippen molar-refractivity contribution < 1.29 is 9.53 Å². The topological polar surface area (TPSA) is 97.1 Å². The lowest BCUT2D eigenvalue weighted by molar-refractivity contribution is -0.170. The number of nitrogens with two attached hydrogens (primary N) is 1. The Balaban J connectivity index is 1.66. The minimum atomic E-state index is -0.397. The van der Waals surface area contributed by atoms with Crippen molar-refractivity contribution in [1.82, 2.24) is 20.3 Å². The van der Waals surface area contributed by atoms with Crippen molar-refractivity contribution in [3.63, 3.8) is 0 Å². The molecule has 26 heavy (non-hydrogen) atoms. The maximum atomic E-state index is 11.7. The van der Waals surface area contributed by atoms with Crippen LogP contribution in [0, 0.1) is 11.8 Å². The fraction of sp³-hybridized carbons (Fsp3) is 0.526. The van der Waals surface area contributed by atoms with E-state index in [1.165, 1.54) is 6.42 Å². The summed E-state index contributed by atoms with van der Waals surface area (Å²) >= 11 is 0. The number of carbonyl (C=O) groups is 1. The second kappa shape index (κ2) is 6.81. The van der Waals surface area contributed by atoms with Crippen LogP contribution in [0.2, 0.25) is 0 Å². The van der Waals surface area contributed by atoms with E-state index in [0.717, 1.165) is 43.7 Å². The minimum absolute atomic E-state index is 0.357. The molecule has 1 aliphatic heterocycles. The molecule has 138 valence electrons. The first-order valence-corrected chi connectivity index (χ1v) is 9.16. The Kier molecular flexibility index (Phi) is 4.50. The summed E-state index contributed by atoms with van der Waals surface area (Å²) in [5.41, 5.74) is 7.73. The lowest BCUT2D eigenvalue weighted by atomic mass is 9.62. The number of aromatic nitrogens is 3. The molecule has 2 bridgehead atoms. The van der Waals surface area contributed by atoms with Crippen LogP contribution in [0.15, 0.2) is 30.5 Å². The van der Waals surface area contributed by atoms with E-state index in [1.54, 1.807) is 19.4 Å². The molecule has 4 rings (SSSR count). The maximum absolute atomic E-state index is 11.7. The van der Waals surface area contributed by atoms with E-state index in [4.69, 9.17) is 10.5 Å². The molecule has 2 heterocycles. The number of likely N-dealkylation sites (tertiary alicyclic amines) is 1. The van der Waals surface area contributed by atoms with Gasteiger partial charge in [0.1, 0.15) is 5.60 Å². The second-order valence-corrected chi connectivity index (χ2v) is 7.42. The molecule has 3 N–H and O–H groups in total. The molecule has 7 nitrogen and oxygen atoms in total. The average Bonchev–Trinajstić information content (AvgIpc) is 3.14. The number of methoxy groups -OCH3 is 1. The highest BCUT2D eigenvalue weighted by atomic mass is 16.5. The number of fused-ring (bicyclic) bond motifs is 2. The molecule has 2 aromatic rings. The molecule has 0 spiro atoms. The molecule has 1 saturated carbocycles. The van der Waals surface area contributed by atoms with Crippen LogP contribution in [0.5, 0.6) is 0 Å². The van der Waals surface area contributed by atoms with Gasteiger partial charge in [-0.1, -0.05) is 18.6 Å². The zero-order chi connectivity index (χ0) is 18.1. The molecule has 2 aliphatic rings. The first-order chi connectivity index (χ1) is 12.6. The predicted octanol–water partition coefficient (Wildman–Crippen LogP) is 1.68. The van der Waals surface area contributed by atoms with Crippen LogP contribution in [0.4, 0.5) is 0 Å². The van der Waals surface area contributed by atoms with E-state index in [1.807, 2.05) is 12.1 Å². The summed E-state index contributed by atoms with van der Waals surface area (Å²) in [5.74, 6) is 0.344. The first-order valence-electron chi connectivity index (χ1n) is 9.16. The number of piperidine rings is 1. The molecule has 1 saturated heterocycles. The van der Waals surface area contributed by atoms with Gasteiger partial charge in [0.2, 0.25) is 5.91 Å². The van der Waals surface area contributed by atoms with Crippen molar-refractivity contribution in [3.05, 3.63) is 47.3 Å². The molecular weight excluding hydrogens is 330 g/mol. The van der Waals surface area contributed by atoms with Gasteiger partial charge in [0, 0.05) is 44.1 Å². The summed E-state index contributed by atoms with van der Waals surface area (Å²) in [4.78, 5) is 14.1. The van der Waals surface area contributed by atoms with Crippen molar-refractivity contribution in [3.8, 4) is 0 Å². The summed E-state index contributed by atoms with van der Waals surface area (Å²) in [6.45, 7) is 2.68. The third-order valence-corrected chi connectivity index (χ3v) is 6.06. The summed E-state index contributed by atoms with van der Waals surface area (Å²) in [6, 6.07) is 7.68. The zero-order valence-corrected chi connectivity index (χ0v) is 15.0. The van der Waals surface area contributed by atoms with Gasteiger partial charge in [-0.15, -0.1) is 0 Å². The van der Waals surface area contributed by atoms with Gasteiger partial charge in [-0.25, -0.2) is 0 Å². The highest BCUT2D eigenvalue weighted by Gasteiger charge is 2.53. The van der Waals surface area contributed by atoms with E-state index < -0.39 is 5.91 Å². The highest BCUT2D eigenvalue weighted by molar-refractivity contribution is 5.92. The second-order valence-electron chi connectivity index (χ2n) is 7.42. The molecule has 7 heteroatoms. The predicted molar refractivity (Wildman–Crippen MR) is 96.1 cm³/mol. The minimum Gasteiger partial charge on any atom is -0.373 e. The average molecular weight is 355 g/mol. The van der Waals surface area contributed by atoms with Crippen molar-refractivity contribution in [1.29, 1.82) is 0 Å². The van der Waals surface area contributed by atoms with Crippen LogP contribution in [0.3, 0.4) is 0 Å². The molecule has 1 aromatic carbocycles. The maximum Gasteiger partial charge on any atom is 0.248 e. The fourth-order valence-corrected chi connectivity index (χ4v) is 5.02. The van der Waals surface area contributed by atoms with E-state index in [0.29, 0.717) is 17.4 Å². The Morgan fingerprint density at radius 3 is 2.77 bits per heavy atom. The highest BCUT2D eigenvalue weighted by Crippen LogP contribution is 2.51. The lowest BCUT2D eigenvalue weighted by Crippen LogP contribution is -2.58. The number of nitrogens with zero attached hydrogens (tertiary/aromatic N) is 3. The summed E-state index contributed by atoms with van der Waals surface area (Å²) in [5, 5.41) is 10.8. The smallest absolute Gasteiger partial charge is 0.248 e. The van der Waals surface area contributed by atoms with Crippen LogP contribution in [0.1, 0.15) is 40.9 Å². The standard InChI is InChI=1S/C19H25N5O2/c1-26-19(14-5-2-4-13(8-14)18(20)25)15-6-3-7-16(19)11-24(10-15)12-17-9-21-23-22-17/h2,4-5,8-9,15-16H,3,6-7,10-12H2,1H3,(H2,20,25)(H,21,22,23). The SMILES string of the molecule is COC1(c2cccc(C(N)=O)c2)C2CCCC1CN(Cc1cn[nH]n1)C2. The first kappa shape index (κ1) is 17.2. The van der Waals surface area contributed by atoms with Gasteiger partial charge < -0.3 is 10.5 Å². The number of benzene rings is 1. The molecule has 2 atom stereocenters. The van der Waals surface area contributed by atoms with Gasteiger partial charge in [-0.3, -0.25) is 9.69 Å². The monoisotopic (exact) mass is 355 g/mol.